The van der Waals surface area contributed by atoms with Crippen molar-refractivity contribution in [2.45, 2.75) is 26.8 Å². The number of nitrogens with one attached hydrogen (secondary N) is 2. The monoisotopic (exact) mass is 445 g/mol. The molecule has 0 radical (unpaired) electrons. The number of hydrogen-bond acceptors (Lipinski definition) is 8. The second kappa shape index (κ2) is 9.03. The summed E-state index contributed by atoms with van der Waals surface area (Å²) in [4.78, 5) is 41.4. The summed E-state index contributed by atoms with van der Waals surface area (Å²) >= 11 is 0. The highest BCUT2D eigenvalue weighted by Gasteiger charge is 2.12. The fourth-order valence-electron chi connectivity index (χ4n) is 3.17. The predicted molar refractivity (Wildman–Crippen MR) is 125 cm³/mol. The van der Waals surface area contributed by atoms with Gasteiger partial charge in [-0.25, -0.2) is 19.9 Å². The summed E-state index contributed by atoms with van der Waals surface area (Å²) in [6, 6.07) is 8.82. The smallest absolute Gasteiger partial charge is 0.264 e. The van der Waals surface area contributed by atoms with Crippen molar-refractivity contribution in [2.24, 2.45) is 7.05 Å². The summed E-state index contributed by atoms with van der Waals surface area (Å²) in [7, 11) is 1.67. The molecule has 33 heavy (non-hydrogen) atoms. The first-order valence-electron chi connectivity index (χ1n) is 10.3. The molecule has 0 aliphatic heterocycles. The number of fused-ring (bicyclic) bond motifs is 1. The number of anilines is 2. The van der Waals surface area contributed by atoms with E-state index in [0.29, 0.717) is 40.2 Å². The van der Waals surface area contributed by atoms with E-state index in [4.69, 9.17) is 4.74 Å². The fraction of sp³-hybridized carbons (Fsp3) is 0.217. The lowest BCUT2D eigenvalue weighted by atomic mass is 10.2. The fourth-order valence-corrected chi connectivity index (χ4v) is 3.17. The van der Waals surface area contributed by atoms with Gasteiger partial charge in [0.15, 0.2) is 5.65 Å². The predicted octanol–water partition coefficient (Wildman–Crippen LogP) is 3.36. The topological polar surface area (TPSA) is 124 Å². The number of carbonyl (C=O) groups excluding carboxylic acids is 1. The molecule has 0 aromatic carbocycles. The van der Waals surface area contributed by atoms with E-state index in [1.54, 1.807) is 43.7 Å². The minimum absolute atomic E-state index is 0.150. The lowest BCUT2D eigenvalue weighted by Crippen LogP contribution is -2.25. The van der Waals surface area contributed by atoms with Gasteiger partial charge in [-0.15, -0.1) is 0 Å². The van der Waals surface area contributed by atoms with Gasteiger partial charge < -0.3 is 15.4 Å². The molecular weight excluding hydrogens is 422 g/mol. The summed E-state index contributed by atoms with van der Waals surface area (Å²) in [5.41, 5.74) is 1.15. The highest BCUT2D eigenvalue weighted by Crippen LogP contribution is 2.26. The van der Waals surface area contributed by atoms with Crippen molar-refractivity contribution in [2.75, 3.05) is 10.6 Å². The Labute approximate surface area is 189 Å². The van der Waals surface area contributed by atoms with Crippen LogP contribution in [0.2, 0.25) is 0 Å². The van der Waals surface area contributed by atoms with E-state index in [2.05, 4.69) is 30.6 Å². The van der Waals surface area contributed by atoms with Gasteiger partial charge in [-0.05, 0) is 38.1 Å². The largest absolute Gasteiger partial charge is 0.456 e. The van der Waals surface area contributed by atoms with Crippen LogP contribution in [0.5, 0.6) is 11.5 Å². The van der Waals surface area contributed by atoms with E-state index >= 15 is 0 Å². The second-order valence-electron chi connectivity index (χ2n) is 7.73. The number of carbonyl (C=O) groups is 1. The Bertz CT molecular complexity index is 1400. The van der Waals surface area contributed by atoms with Crippen LogP contribution in [0.3, 0.4) is 0 Å². The van der Waals surface area contributed by atoms with E-state index in [-0.39, 0.29) is 17.5 Å². The van der Waals surface area contributed by atoms with E-state index in [0.717, 1.165) is 5.39 Å². The van der Waals surface area contributed by atoms with Gasteiger partial charge in [0, 0.05) is 43.9 Å². The van der Waals surface area contributed by atoms with Crippen molar-refractivity contribution < 1.29 is 9.53 Å². The molecule has 0 fully saturated rings. The molecule has 0 saturated carbocycles. The summed E-state index contributed by atoms with van der Waals surface area (Å²) in [6.07, 6.45) is 4.61. The molecule has 2 N–H and O–H groups in total. The van der Waals surface area contributed by atoms with Crippen LogP contribution in [-0.2, 0) is 11.8 Å². The molecule has 0 spiro atoms. The number of aromatic nitrogens is 5. The van der Waals surface area contributed by atoms with Gasteiger partial charge in [0.1, 0.15) is 17.3 Å². The van der Waals surface area contributed by atoms with E-state index < -0.39 is 0 Å². The summed E-state index contributed by atoms with van der Waals surface area (Å²) in [6.45, 7) is 5.36. The molecule has 4 aromatic rings. The maximum atomic E-state index is 12.8. The SMILES string of the molecule is CC(=O)Nc1cc(Oc2cnc3nc(-c4cnc(NC(C)C)n(C)c4=O)ccc3c2)ccn1. The third-order valence-electron chi connectivity index (χ3n) is 4.65. The minimum atomic E-state index is -0.218. The third-order valence-corrected chi connectivity index (χ3v) is 4.65. The normalized spacial score (nSPS) is 10.9. The van der Waals surface area contributed by atoms with Crippen molar-refractivity contribution in [3.63, 3.8) is 0 Å². The Kier molecular flexibility index (Phi) is 5.99. The van der Waals surface area contributed by atoms with Crippen LogP contribution >= 0.6 is 0 Å². The molecule has 168 valence electrons. The average Bonchev–Trinajstić information content (AvgIpc) is 2.76. The van der Waals surface area contributed by atoms with Gasteiger partial charge in [0.05, 0.1) is 17.5 Å². The van der Waals surface area contributed by atoms with Gasteiger partial charge in [0.25, 0.3) is 5.56 Å². The zero-order valence-corrected chi connectivity index (χ0v) is 18.7. The van der Waals surface area contributed by atoms with Gasteiger partial charge >= 0.3 is 0 Å². The van der Waals surface area contributed by atoms with Gasteiger partial charge in [-0.3, -0.25) is 14.2 Å². The maximum Gasteiger partial charge on any atom is 0.264 e. The molecule has 0 aliphatic carbocycles. The van der Waals surface area contributed by atoms with Crippen LogP contribution in [0.25, 0.3) is 22.3 Å². The van der Waals surface area contributed by atoms with Crippen molar-refractivity contribution in [1.29, 1.82) is 0 Å². The molecule has 0 saturated heterocycles. The first kappa shape index (κ1) is 21.9. The number of hydrogen-bond donors (Lipinski definition) is 2. The van der Waals surface area contributed by atoms with Crippen LogP contribution < -0.4 is 20.9 Å². The Morgan fingerprint density at radius 1 is 1.06 bits per heavy atom. The highest BCUT2D eigenvalue weighted by molar-refractivity contribution is 5.87. The molecule has 4 heterocycles. The third kappa shape index (κ3) is 4.95. The van der Waals surface area contributed by atoms with Crippen molar-refractivity contribution >= 4 is 28.7 Å². The standard InChI is InChI=1S/C23H23N7O3/c1-13(2)27-23-26-12-18(22(32)30(23)4)19-6-5-15-9-17(11-25-21(15)29-19)33-16-7-8-24-20(10-16)28-14(3)31/h5-13H,1-4H3,(H,26,27)(H,24,28,31). The summed E-state index contributed by atoms with van der Waals surface area (Å²) in [5, 5.41) is 6.50. The molecule has 1 amide bonds. The molecular formula is C23H23N7O3. The summed E-state index contributed by atoms with van der Waals surface area (Å²) < 4.78 is 7.32. The molecule has 0 aliphatic rings. The average molecular weight is 445 g/mol. The Hall–Kier alpha value is -4.34. The molecule has 10 nitrogen and oxygen atoms in total. The van der Waals surface area contributed by atoms with Crippen LogP contribution in [0.4, 0.5) is 11.8 Å². The van der Waals surface area contributed by atoms with Crippen LogP contribution in [0, 0.1) is 0 Å². The van der Waals surface area contributed by atoms with E-state index in [1.807, 2.05) is 19.9 Å². The first-order chi connectivity index (χ1) is 15.8. The van der Waals surface area contributed by atoms with Gasteiger partial charge in [-0.2, -0.15) is 0 Å². The Morgan fingerprint density at radius 3 is 2.64 bits per heavy atom. The number of nitrogens with zero attached hydrogens (tertiary/aromatic N) is 5. The molecule has 0 bridgehead atoms. The van der Waals surface area contributed by atoms with Crippen molar-refractivity contribution in [3.8, 4) is 22.8 Å². The van der Waals surface area contributed by atoms with Crippen molar-refractivity contribution in [3.05, 3.63) is 59.3 Å². The zero-order chi connectivity index (χ0) is 23.5. The maximum absolute atomic E-state index is 12.8. The van der Waals surface area contributed by atoms with Crippen molar-refractivity contribution in [1.82, 2.24) is 24.5 Å². The second-order valence-corrected chi connectivity index (χ2v) is 7.73. The molecule has 4 rings (SSSR count). The number of ether oxygens (including phenoxy) is 1. The lowest BCUT2D eigenvalue weighted by molar-refractivity contribution is -0.114. The summed E-state index contributed by atoms with van der Waals surface area (Å²) in [5.74, 6) is 1.68. The van der Waals surface area contributed by atoms with E-state index in [1.165, 1.54) is 17.7 Å². The molecule has 0 atom stereocenters. The highest BCUT2D eigenvalue weighted by atomic mass is 16.5. The molecule has 0 unspecified atom stereocenters. The number of pyridine rings is 3. The Morgan fingerprint density at radius 2 is 1.88 bits per heavy atom. The van der Waals surface area contributed by atoms with Crippen LogP contribution in [-0.4, -0.2) is 36.5 Å². The number of rotatable bonds is 6. The van der Waals surface area contributed by atoms with Crippen LogP contribution in [0.15, 0.2) is 53.7 Å². The molecule has 10 heteroatoms. The quantitative estimate of drug-likeness (QED) is 0.463. The first-order valence-corrected chi connectivity index (χ1v) is 10.3. The van der Waals surface area contributed by atoms with Gasteiger partial charge in [0.2, 0.25) is 11.9 Å². The zero-order valence-electron chi connectivity index (χ0n) is 18.7. The minimum Gasteiger partial charge on any atom is -0.456 e. The van der Waals surface area contributed by atoms with Crippen LogP contribution in [0.1, 0.15) is 20.8 Å². The lowest BCUT2D eigenvalue weighted by Gasteiger charge is -2.13. The van der Waals surface area contributed by atoms with Gasteiger partial charge in [-0.1, -0.05) is 0 Å². The molecule has 4 aromatic heterocycles. The number of amides is 1. The Balaban J connectivity index is 1.61. The van der Waals surface area contributed by atoms with E-state index in [9.17, 15) is 9.59 Å².